The molecule has 3 fully saturated rings. The van der Waals surface area contributed by atoms with Crippen LogP contribution in [0.25, 0.3) is 0 Å². The predicted octanol–water partition coefficient (Wildman–Crippen LogP) is 11.4. The highest BCUT2D eigenvalue weighted by molar-refractivity contribution is 5.33. The molecule has 0 bridgehead atoms. The van der Waals surface area contributed by atoms with E-state index in [0.717, 1.165) is 36.3 Å². The predicted molar refractivity (Wildman–Crippen MR) is 145 cm³/mol. The lowest BCUT2D eigenvalue weighted by Crippen LogP contribution is -2.26. The lowest BCUT2D eigenvalue weighted by molar-refractivity contribution is -0.276. The van der Waals surface area contributed by atoms with Crippen LogP contribution in [-0.4, -0.2) is 19.2 Å². The van der Waals surface area contributed by atoms with Crippen LogP contribution >= 0.6 is 0 Å². The van der Waals surface area contributed by atoms with Crippen LogP contribution < -0.4 is 4.74 Å². The van der Waals surface area contributed by atoms with Gasteiger partial charge >= 0.3 is 6.36 Å². The van der Waals surface area contributed by atoms with E-state index < -0.39 is 29.9 Å². The van der Waals surface area contributed by atoms with Crippen molar-refractivity contribution in [1.29, 1.82) is 0 Å². The second-order valence-corrected chi connectivity index (χ2v) is 12.3. The van der Waals surface area contributed by atoms with Crippen LogP contribution in [-0.2, 0) is 0 Å². The molecule has 1 aromatic carbocycles. The lowest BCUT2D eigenvalue weighted by Gasteiger charge is -2.37. The Morgan fingerprint density at radius 2 is 1.23 bits per heavy atom. The average molecular weight is 581 g/mol. The van der Waals surface area contributed by atoms with Crippen molar-refractivity contribution in [2.45, 2.75) is 135 Å². The van der Waals surface area contributed by atoms with E-state index in [0.29, 0.717) is 18.8 Å². The summed E-state index contributed by atoms with van der Waals surface area (Å²) in [5, 5.41) is 0. The van der Waals surface area contributed by atoms with Gasteiger partial charge in [0.15, 0.2) is 11.6 Å². The molecular formula is C32H47F7O. The standard InChI is InChI=1S/C19H35F.C13H12F6O/c1-2-3-4-5-16-6-10-18(11-7-16)19-12-8-17(9-13-19)14-15-20;14-9-3-1-7(2-4-9)8-5-10(15)12(11(16)6-8)20-13(17,18)19/h16-19H,2-15H2,1H3;5-7,9H,1-4H2. The molecule has 0 aromatic heterocycles. The number of rotatable bonds is 9. The molecule has 0 unspecified atom stereocenters. The maximum atomic E-state index is 13.5. The quantitative estimate of drug-likeness (QED) is 0.209. The van der Waals surface area contributed by atoms with Gasteiger partial charge in [-0.3, -0.25) is 4.39 Å². The Labute approximate surface area is 235 Å². The normalized spacial score (nSPS) is 29.4. The molecule has 3 aliphatic rings. The van der Waals surface area contributed by atoms with E-state index in [1.54, 1.807) is 0 Å². The second kappa shape index (κ2) is 16.2. The molecule has 4 rings (SSSR count). The summed E-state index contributed by atoms with van der Waals surface area (Å²) in [6.45, 7) is 2.20. The Kier molecular flexibility index (Phi) is 13.4. The van der Waals surface area contributed by atoms with E-state index in [1.807, 2.05) is 0 Å². The van der Waals surface area contributed by atoms with Crippen molar-refractivity contribution >= 4 is 0 Å². The zero-order valence-electron chi connectivity index (χ0n) is 23.9. The van der Waals surface area contributed by atoms with Crippen LogP contribution in [0.15, 0.2) is 12.1 Å². The molecule has 1 nitrogen and oxygen atoms in total. The Hall–Kier alpha value is -1.47. The molecule has 0 N–H and O–H groups in total. The van der Waals surface area contributed by atoms with Crippen LogP contribution in [0.5, 0.6) is 5.75 Å². The number of unbranched alkanes of at least 4 members (excludes halogenated alkanes) is 2. The Bertz CT molecular complexity index is 826. The molecule has 3 saturated carbocycles. The van der Waals surface area contributed by atoms with E-state index in [9.17, 15) is 30.7 Å². The van der Waals surface area contributed by atoms with Crippen molar-refractivity contribution < 1.29 is 35.5 Å². The van der Waals surface area contributed by atoms with E-state index in [-0.39, 0.29) is 31.0 Å². The van der Waals surface area contributed by atoms with Gasteiger partial charge in [0.1, 0.15) is 6.17 Å². The fourth-order valence-electron chi connectivity index (χ4n) is 7.15. The Morgan fingerprint density at radius 3 is 1.68 bits per heavy atom. The zero-order valence-corrected chi connectivity index (χ0v) is 23.9. The van der Waals surface area contributed by atoms with Crippen LogP contribution in [0.1, 0.15) is 128 Å². The van der Waals surface area contributed by atoms with E-state index in [2.05, 4.69) is 11.7 Å². The van der Waals surface area contributed by atoms with E-state index >= 15 is 0 Å². The number of ether oxygens (including phenoxy) is 1. The van der Waals surface area contributed by atoms with Crippen LogP contribution in [0.2, 0.25) is 0 Å². The van der Waals surface area contributed by atoms with Gasteiger partial charge < -0.3 is 4.74 Å². The first-order valence-corrected chi connectivity index (χ1v) is 15.5. The SMILES string of the molecule is CCCCCC1CCC(C2CCC(CCF)CC2)CC1.Fc1cc(C2CCC(F)CC2)cc(F)c1OC(F)(F)F. The van der Waals surface area contributed by atoms with Crippen LogP contribution in [0, 0.1) is 35.3 Å². The number of hydrogen-bond acceptors (Lipinski definition) is 1. The zero-order chi connectivity index (χ0) is 29.1. The molecule has 0 atom stereocenters. The topological polar surface area (TPSA) is 9.23 Å². The molecule has 230 valence electrons. The van der Waals surface area contributed by atoms with Crippen molar-refractivity contribution in [3.63, 3.8) is 0 Å². The highest BCUT2D eigenvalue weighted by atomic mass is 19.4. The first-order chi connectivity index (χ1) is 19.1. The third-order valence-electron chi connectivity index (χ3n) is 9.55. The highest BCUT2D eigenvalue weighted by Crippen LogP contribution is 2.43. The van der Waals surface area contributed by atoms with Gasteiger partial charge in [0.2, 0.25) is 5.75 Å². The molecule has 0 heterocycles. The molecule has 1 aromatic rings. The van der Waals surface area contributed by atoms with Gasteiger partial charge in [-0.2, -0.15) is 0 Å². The molecule has 40 heavy (non-hydrogen) atoms. The summed E-state index contributed by atoms with van der Waals surface area (Å²) in [5.74, 6) is -0.751. The summed E-state index contributed by atoms with van der Waals surface area (Å²) in [4.78, 5) is 0. The summed E-state index contributed by atoms with van der Waals surface area (Å²) in [7, 11) is 0. The van der Waals surface area contributed by atoms with Crippen molar-refractivity contribution in [3.8, 4) is 5.75 Å². The third kappa shape index (κ3) is 10.7. The molecule has 3 aliphatic carbocycles. The Morgan fingerprint density at radius 1 is 0.725 bits per heavy atom. The van der Waals surface area contributed by atoms with Gasteiger partial charge in [-0.1, -0.05) is 58.3 Å². The van der Waals surface area contributed by atoms with Gasteiger partial charge in [-0.05, 0) is 105 Å². The highest BCUT2D eigenvalue weighted by Gasteiger charge is 2.35. The van der Waals surface area contributed by atoms with Crippen LogP contribution in [0.4, 0.5) is 30.7 Å². The van der Waals surface area contributed by atoms with Gasteiger partial charge in [0.05, 0.1) is 6.67 Å². The second-order valence-electron chi connectivity index (χ2n) is 12.3. The fraction of sp³-hybridized carbons (Fsp3) is 0.812. The van der Waals surface area contributed by atoms with Crippen molar-refractivity contribution in [3.05, 3.63) is 29.3 Å². The molecule has 0 radical (unpaired) electrons. The molecular weight excluding hydrogens is 533 g/mol. The maximum Gasteiger partial charge on any atom is 0.573 e. The third-order valence-corrected chi connectivity index (χ3v) is 9.55. The minimum Gasteiger partial charge on any atom is -0.399 e. The molecule has 0 aliphatic heterocycles. The van der Waals surface area contributed by atoms with Crippen molar-refractivity contribution in [1.82, 2.24) is 0 Å². The van der Waals surface area contributed by atoms with E-state index in [4.69, 9.17) is 0 Å². The molecule has 0 saturated heterocycles. The summed E-state index contributed by atoms with van der Waals surface area (Å²) < 4.78 is 91.8. The number of halogens is 7. The van der Waals surface area contributed by atoms with Gasteiger partial charge in [0, 0.05) is 0 Å². The number of alkyl halides is 5. The minimum absolute atomic E-state index is 0.0990. The largest absolute Gasteiger partial charge is 0.573 e. The fourth-order valence-corrected chi connectivity index (χ4v) is 7.15. The molecule has 0 amide bonds. The average Bonchev–Trinajstić information content (AvgIpc) is 2.92. The lowest BCUT2D eigenvalue weighted by atomic mass is 9.68. The minimum atomic E-state index is -5.16. The number of hydrogen-bond donors (Lipinski definition) is 0. The monoisotopic (exact) mass is 580 g/mol. The smallest absolute Gasteiger partial charge is 0.399 e. The maximum absolute atomic E-state index is 13.5. The van der Waals surface area contributed by atoms with Crippen molar-refractivity contribution in [2.75, 3.05) is 6.67 Å². The van der Waals surface area contributed by atoms with Crippen LogP contribution in [0.3, 0.4) is 0 Å². The van der Waals surface area contributed by atoms with Gasteiger partial charge in [0.25, 0.3) is 0 Å². The Balaban J connectivity index is 0.000000220. The summed E-state index contributed by atoms with van der Waals surface area (Å²) >= 11 is 0. The van der Waals surface area contributed by atoms with Gasteiger partial charge in [-0.25, -0.2) is 13.2 Å². The summed E-state index contributed by atoms with van der Waals surface area (Å²) in [6, 6.07) is 1.65. The first-order valence-electron chi connectivity index (χ1n) is 15.5. The first kappa shape index (κ1) is 33.0. The van der Waals surface area contributed by atoms with Crippen molar-refractivity contribution in [2.24, 2.45) is 23.7 Å². The van der Waals surface area contributed by atoms with Gasteiger partial charge in [-0.15, -0.1) is 13.2 Å². The van der Waals surface area contributed by atoms with E-state index in [1.165, 1.54) is 77.0 Å². The summed E-state index contributed by atoms with van der Waals surface area (Å²) in [5.41, 5.74) is 0.237. The number of benzene rings is 1. The summed E-state index contributed by atoms with van der Waals surface area (Å²) in [6.07, 6.45) is 13.3. The molecule has 0 spiro atoms. The molecule has 8 heteroatoms.